The van der Waals surface area contributed by atoms with E-state index in [9.17, 15) is 4.79 Å². The van der Waals surface area contributed by atoms with Gasteiger partial charge in [0.25, 0.3) is 0 Å². The predicted octanol–water partition coefficient (Wildman–Crippen LogP) is 2.86. The van der Waals surface area contributed by atoms with E-state index in [2.05, 4.69) is 22.8 Å². The lowest BCUT2D eigenvalue weighted by Crippen LogP contribution is -2.35. The normalized spacial score (nSPS) is 23.7. The molecule has 0 bridgehead atoms. The molecule has 2 heterocycles. The molecule has 1 amide bonds. The first kappa shape index (κ1) is 13.3. The molecule has 2 N–H and O–H groups in total. The second kappa shape index (κ2) is 6.20. The first-order valence-corrected chi connectivity index (χ1v) is 8.80. The lowest BCUT2D eigenvalue weighted by molar-refractivity contribution is -0.117. The topological polar surface area (TPSA) is 41.1 Å². The molecule has 1 aromatic rings. The quantitative estimate of drug-likeness (QED) is 0.899. The monoisotopic (exact) mass is 294 g/mol. The summed E-state index contributed by atoms with van der Waals surface area (Å²) in [5, 5.41) is 6.20. The molecular formula is C14H18N2OS2. The maximum atomic E-state index is 12.0. The molecule has 0 aromatic heterocycles. The fourth-order valence-electron chi connectivity index (χ4n) is 2.41. The van der Waals surface area contributed by atoms with Crippen LogP contribution >= 0.6 is 23.5 Å². The number of hydrogen-bond donors (Lipinski definition) is 2. The first-order valence-electron chi connectivity index (χ1n) is 6.70. The Morgan fingerprint density at radius 3 is 2.58 bits per heavy atom. The molecular weight excluding hydrogens is 276 g/mol. The van der Waals surface area contributed by atoms with Crippen LogP contribution < -0.4 is 10.6 Å². The van der Waals surface area contributed by atoms with E-state index in [1.807, 2.05) is 35.7 Å². The van der Waals surface area contributed by atoms with E-state index in [0.717, 1.165) is 25.1 Å². The second-order valence-corrected chi connectivity index (χ2v) is 7.56. The van der Waals surface area contributed by atoms with E-state index in [4.69, 9.17) is 0 Å². The number of thioether (sulfide) groups is 2. The molecule has 2 saturated heterocycles. The Kier molecular flexibility index (Phi) is 4.35. The summed E-state index contributed by atoms with van der Waals surface area (Å²) >= 11 is 4.00. The fourth-order valence-corrected chi connectivity index (χ4v) is 5.27. The molecule has 3 rings (SSSR count). The van der Waals surface area contributed by atoms with Crippen LogP contribution in [-0.4, -0.2) is 30.0 Å². The molecule has 1 aromatic carbocycles. The van der Waals surface area contributed by atoms with Gasteiger partial charge in [-0.25, -0.2) is 0 Å². The summed E-state index contributed by atoms with van der Waals surface area (Å²) in [5.74, 6) is 2.57. The number of amides is 1. The Balaban J connectivity index is 1.60. The van der Waals surface area contributed by atoms with Gasteiger partial charge in [-0.1, -0.05) is 12.1 Å². The van der Waals surface area contributed by atoms with Crippen molar-refractivity contribution >= 4 is 35.1 Å². The Bertz CT molecular complexity index is 437. The van der Waals surface area contributed by atoms with Gasteiger partial charge in [0.1, 0.15) is 0 Å². The molecule has 102 valence electrons. The van der Waals surface area contributed by atoms with Crippen molar-refractivity contribution in [3.63, 3.8) is 0 Å². The number of rotatable bonds is 3. The highest BCUT2D eigenvalue weighted by atomic mass is 32.2. The summed E-state index contributed by atoms with van der Waals surface area (Å²) in [6.45, 7) is 0.952. The zero-order valence-corrected chi connectivity index (χ0v) is 12.4. The lowest BCUT2D eigenvalue weighted by atomic mass is 10.2. The molecule has 2 fully saturated rings. The van der Waals surface area contributed by atoms with E-state index in [-0.39, 0.29) is 11.9 Å². The van der Waals surface area contributed by atoms with Crippen LogP contribution in [0.25, 0.3) is 0 Å². The van der Waals surface area contributed by atoms with Gasteiger partial charge in [-0.05, 0) is 37.1 Å². The summed E-state index contributed by atoms with van der Waals surface area (Å²) < 4.78 is 0.571. The van der Waals surface area contributed by atoms with Crippen molar-refractivity contribution in [2.24, 2.45) is 0 Å². The predicted molar refractivity (Wildman–Crippen MR) is 83.8 cm³/mol. The maximum Gasteiger partial charge on any atom is 0.241 e. The van der Waals surface area contributed by atoms with Crippen LogP contribution in [-0.2, 0) is 4.79 Å². The van der Waals surface area contributed by atoms with Crippen molar-refractivity contribution in [2.45, 2.75) is 23.5 Å². The average Bonchev–Trinajstić information content (AvgIpc) is 3.13. The molecule has 3 nitrogen and oxygen atoms in total. The number of nitrogens with one attached hydrogen (secondary N) is 2. The molecule has 5 heteroatoms. The van der Waals surface area contributed by atoms with Crippen molar-refractivity contribution in [1.29, 1.82) is 0 Å². The highest BCUT2D eigenvalue weighted by molar-refractivity contribution is 8.19. The van der Waals surface area contributed by atoms with Gasteiger partial charge < -0.3 is 10.6 Å². The maximum absolute atomic E-state index is 12.0. The van der Waals surface area contributed by atoms with Crippen molar-refractivity contribution in [3.05, 3.63) is 29.8 Å². The van der Waals surface area contributed by atoms with Crippen LogP contribution in [0.5, 0.6) is 0 Å². The van der Waals surface area contributed by atoms with Gasteiger partial charge in [0.2, 0.25) is 5.91 Å². The van der Waals surface area contributed by atoms with Crippen molar-refractivity contribution in [1.82, 2.24) is 5.32 Å². The number of carbonyl (C=O) groups excluding carboxylic acids is 1. The van der Waals surface area contributed by atoms with Crippen LogP contribution in [0.2, 0.25) is 0 Å². The zero-order valence-electron chi connectivity index (χ0n) is 10.7. The number of benzene rings is 1. The van der Waals surface area contributed by atoms with E-state index < -0.39 is 0 Å². The molecule has 1 atom stereocenters. The van der Waals surface area contributed by atoms with E-state index in [0.29, 0.717) is 4.58 Å². The third-order valence-corrected chi connectivity index (χ3v) is 6.55. The molecule has 19 heavy (non-hydrogen) atoms. The molecule has 0 radical (unpaired) electrons. The van der Waals surface area contributed by atoms with E-state index >= 15 is 0 Å². The third kappa shape index (κ3) is 3.27. The van der Waals surface area contributed by atoms with Crippen molar-refractivity contribution < 1.29 is 4.79 Å². The summed E-state index contributed by atoms with van der Waals surface area (Å²) in [5.41, 5.74) is 2.25. The largest absolute Gasteiger partial charge is 0.325 e. The highest BCUT2D eigenvalue weighted by Gasteiger charge is 2.22. The highest BCUT2D eigenvalue weighted by Crippen LogP contribution is 2.45. The summed E-state index contributed by atoms with van der Waals surface area (Å²) in [6, 6.07) is 8.28. The van der Waals surface area contributed by atoms with E-state index in [1.165, 1.54) is 17.1 Å². The number of carbonyl (C=O) groups is 1. The molecule has 0 aliphatic carbocycles. The van der Waals surface area contributed by atoms with Crippen LogP contribution in [0.4, 0.5) is 5.69 Å². The van der Waals surface area contributed by atoms with Gasteiger partial charge in [0.05, 0.1) is 10.6 Å². The SMILES string of the molecule is O=C(Nc1ccc(C2SCCS2)cc1)[C@H]1CCCN1. The summed E-state index contributed by atoms with van der Waals surface area (Å²) in [7, 11) is 0. The molecule has 0 spiro atoms. The molecule has 0 unspecified atom stereocenters. The van der Waals surface area contributed by atoms with Gasteiger partial charge in [-0.15, -0.1) is 23.5 Å². The minimum Gasteiger partial charge on any atom is -0.325 e. The van der Waals surface area contributed by atoms with Crippen molar-refractivity contribution in [2.75, 3.05) is 23.4 Å². The molecule has 2 aliphatic rings. The standard InChI is InChI=1S/C14H18N2OS2/c17-13(12-2-1-7-15-12)16-11-5-3-10(4-6-11)14-18-8-9-19-14/h3-6,12,14-15H,1-2,7-9H2,(H,16,17)/t12-/m1/s1. The van der Waals surface area contributed by atoms with Gasteiger partial charge in [0, 0.05) is 17.2 Å². The van der Waals surface area contributed by atoms with Gasteiger partial charge in [0.15, 0.2) is 0 Å². The van der Waals surface area contributed by atoms with Crippen LogP contribution in [0, 0.1) is 0 Å². The fraction of sp³-hybridized carbons (Fsp3) is 0.500. The van der Waals surface area contributed by atoms with Crippen LogP contribution in [0.15, 0.2) is 24.3 Å². The number of hydrogen-bond acceptors (Lipinski definition) is 4. The minimum absolute atomic E-state index is 0.0133. The van der Waals surface area contributed by atoms with Gasteiger partial charge >= 0.3 is 0 Å². The zero-order chi connectivity index (χ0) is 13.1. The third-order valence-electron chi connectivity index (χ3n) is 3.45. The Hall–Kier alpha value is -0.650. The summed E-state index contributed by atoms with van der Waals surface area (Å²) in [6.07, 6.45) is 2.03. The van der Waals surface area contributed by atoms with Gasteiger partial charge in [-0.2, -0.15) is 0 Å². The molecule has 2 aliphatic heterocycles. The summed E-state index contributed by atoms with van der Waals surface area (Å²) in [4.78, 5) is 12.0. The van der Waals surface area contributed by atoms with Gasteiger partial charge in [-0.3, -0.25) is 4.79 Å². The Morgan fingerprint density at radius 1 is 1.21 bits per heavy atom. The Morgan fingerprint density at radius 2 is 1.95 bits per heavy atom. The first-order chi connectivity index (χ1) is 9.33. The van der Waals surface area contributed by atoms with Crippen molar-refractivity contribution in [3.8, 4) is 0 Å². The van der Waals surface area contributed by atoms with Crippen LogP contribution in [0.3, 0.4) is 0 Å². The molecule has 0 saturated carbocycles. The van der Waals surface area contributed by atoms with Crippen LogP contribution in [0.1, 0.15) is 23.0 Å². The second-order valence-electron chi connectivity index (χ2n) is 4.83. The minimum atomic E-state index is -0.0133. The Labute approximate surface area is 122 Å². The van der Waals surface area contributed by atoms with E-state index in [1.54, 1.807) is 0 Å². The average molecular weight is 294 g/mol. The smallest absolute Gasteiger partial charge is 0.241 e. The lowest BCUT2D eigenvalue weighted by Gasteiger charge is -2.12. The number of anilines is 1.